The van der Waals surface area contributed by atoms with E-state index >= 15 is 0 Å². The van der Waals surface area contributed by atoms with Crippen LogP contribution in [0.25, 0.3) is 0 Å². The highest BCUT2D eigenvalue weighted by molar-refractivity contribution is 5.50. The predicted molar refractivity (Wildman–Crippen MR) is 97.3 cm³/mol. The quantitative estimate of drug-likeness (QED) is 0.720. The van der Waals surface area contributed by atoms with Gasteiger partial charge in [0, 0.05) is 11.5 Å². The maximum Gasteiger partial charge on any atom is 0.120 e. The highest BCUT2D eigenvalue weighted by Crippen LogP contribution is 2.42. The van der Waals surface area contributed by atoms with Gasteiger partial charge in [0.2, 0.25) is 0 Å². The molecule has 24 heavy (non-hydrogen) atoms. The molecule has 3 aromatic rings. The minimum atomic E-state index is -0.735. The molecule has 0 fully saturated rings. The molecule has 3 aromatic carbocycles. The zero-order valence-corrected chi connectivity index (χ0v) is 14.0. The van der Waals surface area contributed by atoms with Crippen molar-refractivity contribution in [2.24, 2.45) is 0 Å². The molecule has 0 aliphatic carbocycles. The fourth-order valence-electron chi connectivity index (χ4n) is 3.37. The van der Waals surface area contributed by atoms with E-state index in [1.165, 1.54) is 0 Å². The molecule has 122 valence electrons. The number of hydrogen-bond donors (Lipinski definition) is 2. The van der Waals surface area contributed by atoms with Crippen LogP contribution in [0.2, 0.25) is 0 Å². The molecule has 0 saturated heterocycles. The lowest BCUT2D eigenvalue weighted by Gasteiger charge is -2.27. The van der Waals surface area contributed by atoms with E-state index < -0.39 is 6.10 Å². The Morgan fingerprint density at radius 3 is 1.83 bits per heavy atom. The number of benzene rings is 3. The molecule has 0 saturated carbocycles. The normalized spacial score (nSPS) is 13.5. The Morgan fingerprint density at radius 1 is 0.750 bits per heavy atom. The standard InChI is InChI=1S/C22H22O2/c1-15-13-16(2)20(19(23)14-15)21(17-9-5-3-6-10-17)22(24)18-11-7-4-8-12-18/h3-14,21-24H,1-2H3/t21-,22-/m0/s1. The first-order chi connectivity index (χ1) is 11.6. The van der Waals surface area contributed by atoms with Crippen molar-refractivity contribution < 1.29 is 10.2 Å². The fourth-order valence-corrected chi connectivity index (χ4v) is 3.37. The van der Waals surface area contributed by atoms with Gasteiger partial charge in [-0.2, -0.15) is 0 Å². The largest absolute Gasteiger partial charge is 0.508 e. The number of hydrogen-bond acceptors (Lipinski definition) is 2. The number of aliphatic hydroxyl groups is 1. The summed E-state index contributed by atoms with van der Waals surface area (Å²) in [6.45, 7) is 3.94. The number of aryl methyl sites for hydroxylation is 2. The van der Waals surface area contributed by atoms with E-state index in [4.69, 9.17) is 0 Å². The van der Waals surface area contributed by atoms with Crippen LogP contribution in [0.4, 0.5) is 0 Å². The Hall–Kier alpha value is -2.58. The van der Waals surface area contributed by atoms with Crippen LogP contribution in [-0.4, -0.2) is 10.2 Å². The van der Waals surface area contributed by atoms with E-state index in [1.54, 1.807) is 6.07 Å². The van der Waals surface area contributed by atoms with Crippen molar-refractivity contribution in [2.75, 3.05) is 0 Å². The molecule has 3 rings (SSSR count). The minimum Gasteiger partial charge on any atom is -0.508 e. The molecule has 0 unspecified atom stereocenters. The second-order valence-corrected chi connectivity index (χ2v) is 6.26. The summed E-state index contributed by atoms with van der Waals surface area (Å²) in [5.41, 5.74) is 4.59. The van der Waals surface area contributed by atoms with E-state index in [-0.39, 0.29) is 11.7 Å². The highest BCUT2D eigenvalue weighted by atomic mass is 16.3. The van der Waals surface area contributed by atoms with Gasteiger partial charge in [0.1, 0.15) is 5.75 Å². The Morgan fingerprint density at radius 2 is 1.29 bits per heavy atom. The number of aromatic hydroxyl groups is 1. The van der Waals surface area contributed by atoms with Gasteiger partial charge in [0.05, 0.1) is 6.10 Å². The smallest absolute Gasteiger partial charge is 0.120 e. The van der Waals surface area contributed by atoms with Crippen molar-refractivity contribution in [3.8, 4) is 5.75 Å². The molecular weight excluding hydrogens is 296 g/mol. The van der Waals surface area contributed by atoms with E-state index in [2.05, 4.69) is 0 Å². The molecule has 0 radical (unpaired) electrons. The van der Waals surface area contributed by atoms with Gasteiger partial charge in [-0.15, -0.1) is 0 Å². The molecule has 0 aliphatic rings. The maximum absolute atomic E-state index is 11.1. The molecule has 2 heteroatoms. The van der Waals surface area contributed by atoms with Gasteiger partial charge in [-0.3, -0.25) is 0 Å². The zero-order chi connectivity index (χ0) is 17.1. The topological polar surface area (TPSA) is 40.5 Å². The lowest BCUT2D eigenvalue weighted by Crippen LogP contribution is -2.14. The first kappa shape index (κ1) is 16.3. The Kier molecular flexibility index (Phi) is 4.68. The van der Waals surface area contributed by atoms with Gasteiger partial charge in [-0.1, -0.05) is 66.7 Å². The molecule has 0 heterocycles. The number of aliphatic hydroxyl groups excluding tert-OH is 1. The van der Waals surface area contributed by atoms with Gasteiger partial charge in [0.25, 0.3) is 0 Å². The molecule has 0 spiro atoms. The Balaban J connectivity index is 2.17. The SMILES string of the molecule is Cc1cc(C)c([C@H](c2ccccc2)[C@@H](O)c2ccccc2)c(O)c1. The molecule has 0 aliphatic heterocycles. The second kappa shape index (κ2) is 6.90. The lowest BCUT2D eigenvalue weighted by atomic mass is 9.81. The Labute approximate surface area is 143 Å². The van der Waals surface area contributed by atoms with Crippen LogP contribution in [0.5, 0.6) is 5.75 Å². The van der Waals surface area contributed by atoms with Crippen molar-refractivity contribution >= 4 is 0 Å². The predicted octanol–water partition coefficient (Wildman–Crippen LogP) is 4.87. The number of phenols is 1. The van der Waals surface area contributed by atoms with E-state index in [0.717, 1.165) is 27.8 Å². The molecular formula is C22H22O2. The average molecular weight is 318 g/mol. The minimum absolute atomic E-state index is 0.233. The van der Waals surface area contributed by atoms with Crippen LogP contribution in [0.15, 0.2) is 72.8 Å². The maximum atomic E-state index is 11.1. The summed E-state index contributed by atoms with van der Waals surface area (Å²) < 4.78 is 0. The third kappa shape index (κ3) is 3.19. The molecule has 2 atom stereocenters. The van der Waals surface area contributed by atoms with Crippen molar-refractivity contribution in [2.45, 2.75) is 25.9 Å². The van der Waals surface area contributed by atoms with Gasteiger partial charge in [0.15, 0.2) is 0 Å². The van der Waals surface area contributed by atoms with Gasteiger partial charge in [-0.05, 0) is 42.2 Å². The van der Waals surface area contributed by atoms with Gasteiger partial charge in [-0.25, -0.2) is 0 Å². The van der Waals surface area contributed by atoms with Crippen LogP contribution >= 0.6 is 0 Å². The summed E-state index contributed by atoms with van der Waals surface area (Å²) in [5, 5.41) is 21.7. The van der Waals surface area contributed by atoms with Gasteiger partial charge < -0.3 is 10.2 Å². The molecule has 0 bridgehead atoms. The van der Waals surface area contributed by atoms with Crippen LogP contribution in [0.1, 0.15) is 39.8 Å². The average Bonchev–Trinajstić information content (AvgIpc) is 2.59. The first-order valence-corrected chi connectivity index (χ1v) is 8.16. The third-order valence-electron chi connectivity index (χ3n) is 4.44. The van der Waals surface area contributed by atoms with E-state index in [1.807, 2.05) is 80.6 Å². The fraction of sp³-hybridized carbons (Fsp3) is 0.182. The zero-order valence-electron chi connectivity index (χ0n) is 14.0. The van der Waals surface area contributed by atoms with E-state index in [9.17, 15) is 10.2 Å². The monoisotopic (exact) mass is 318 g/mol. The first-order valence-electron chi connectivity index (χ1n) is 8.16. The number of phenolic OH excluding ortho intramolecular Hbond substituents is 1. The summed E-state index contributed by atoms with van der Waals surface area (Å²) in [6.07, 6.45) is -0.735. The second-order valence-electron chi connectivity index (χ2n) is 6.26. The van der Waals surface area contributed by atoms with Crippen LogP contribution in [0.3, 0.4) is 0 Å². The Bertz CT molecular complexity index is 787. The van der Waals surface area contributed by atoms with Crippen LogP contribution in [-0.2, 0) is 0 Å². The summed E-state index contributed by atoms with van der Waals surface area (Å²) in [7, 11) is 0. The summed E-state index contributed by atoms with van der Waals surface area (Å²) in [4.78, 5) is 0. The van der Waals surface area contributed by atoms with Crippen LogP contribution in [0, 0.1) is 13.8 Å². The summed E-state index contributed by atoms with van der Waals surface area (Å²) in [6, 6.07) is 23.3. The highest BCUT2D eigenvalue weighted by Gasteiger charge is 2.28. The third-order valence-corrected chi connectivity index (χ3v) is 4.44. The van der Waals surface area contributed by atoms with Crippen molar-refractivity contribution in [1.82, 2.24) is 0 Å². The number of rotatable bonds is 4. The van der Waals surface area contributed by atoms with Gasteiger partial charge >= 0.3 is 0 Å². The molecule has 0 aromatic heterocycles. The molecule has 2 N–H and O–H groups in total. The van der Waals surface area contributed by atoms with E-state index in [0.29, 0.717) is 0 Å². The summed E-state index contributed by atoms with van der Waals surface area (Å²) in [5.74, 6) is -0.0921. The lowest BCUT2D eigenvalue weighted by molar-refractivity contribution is 0.157. The molecule has 0 amide bonds. The van der Waals surface area contributed by atoms with Crippen molar-refractivity contribution in [1.29, 1.82) is 0 Å². The van der Waals surface area contributed by atoms with Crippen LogP contribution < -0.4 is 0 Å². The summed E-state index contributed by atoms with van der Waals surface area (Å²) >= 11 is 0. The van der Waals surface area contributed by atoms with Crippen molar-refractivity contribution in [3.05, 3.63) is 101 Å². The van der Waals surface area contributed by atoms with Crippen molar-refractivity contribution in [3.63, 3.8) is 0 Å². The molecule has 2 nitrogen and oxygen atoms in total.